The van der Waals surface area contributed by atoms with Gasteiger partial charge < -0.3 is 14.5 Å². The minimum atomic E-state index is -0.529. The Kier molecular flexibility index (Phi) is 5.47. The maximum Gasteiger partial charge on any atom is 0.254 e. The van der Waals surface area contributed by atoms with Crippen molar-refractivity contribution in [2.24, 2.45) is 0 Å². The molecule has 6 heteroatoms. The van der Waals surface area contributed by atoms with Gasteiger partial charge in [-0.25, -0.2) is 0 Å². The predicted octanol–water partition coefficient (Wildman–Crippen LogP) is 3.62. The largest absolute Gasteiger partial charge is 0.494 e. The minimum absolute atomic E-state index is 0.0947. The second kappa shape index (κ2) is 7.79. The highest BCUT2D eigenvalue weighted by Gasteiger charge is 2.35. The van der Waals surface area contributed by atoms with Crippen molar-refractivity contribution < 1.29 is 14.3 Å². The van der Waals surface area contributed by atoms with E-state index in [1.807, 2.05) is 31.2 Å². The predicted molar refractivity (Wildman–Crippen MR) is 102 cm³/mol. The van der Waals surface area contributed by atoms with Gasteiger partial charge in [0.15, 0.2) is 0 Å². The fraction of sp³-hybridized carbons (Fsp3) is 0.300. The molecule has 0 radical (unpaired) electrons. The Labute approximate surface area is 158 Å². The minimum Gasteiger partial charge on any atom is -0.494 e. The van der Waals surface area contributed by atoms with Gasteiger partial charge in [-0.3, -0.25) is 9.59 Å². The summed E-state index contributed by atoms with van der Waals surface area (Å²) in [5.74, 6) is 0.518. The molecule has 2 amide bonds. The Balaban J connectivity index is 1.73. The number of benzene rings is 2. The number of piperazine rings is 1. The third-order valence-electron chi connectivity index (χ3n) is 4.47. The quantitative estimate of drug-likeness (QED) is 0.823. The van der Waals surface area contributed by atoms with Crippen LogP contribution in [0.2, 0.25) is 5.02 Å². The SMILES string of the molecule is CCOc1ccc(N2CCN(C(=O)c3ccc(Cl)cc3)[C@@H](C)C2=O)cc1. The van der Waals surface area contributed by atoms with Crippen molar-refractivity contribution >= 4 is 29.1 Å². The summed E-state index contributed by atoms with van der Waals surface area (Å²) < 4.78 is 5.44. The van der Waals surface area contributed by atoms with Crippen molar-refractivity contribution in [1.82, 2.24) is 4.90 Å². The number of ether oxygens (including phenoxy) is 1. The summed E-state index contributed by atoms with van der Waals surface area (Å²) in [6.07, 6.45) is 0. The van der Waals surface area contributed by atoms with Crippen molar-refractivity contribution in [2.45, 2.75) is 19.9 Å². The smallest absolute Gasteiger partial charge is 0.254 e. The van der Waals surface area contributed by atoms with Crippen LogP contribution in [-0.4, -0.2) is 42.5 Å². The lowest BCUT2D eigenvalue weighted by atomic mass is 10.1. The number of rotatable bonds is 4. The number of amides is 2. The molecule has 0 spiro atoms. The molecule has 1 aliphatic rings. The number of anilines is 1. The summed E-state index contributed by atoms with van der Waals surface area (Å²) in [5, 5.41) is 0.575. The van der Waals surface area contributed by atoms with Crippen LogP contribution >= 0.6 is 11.6 Å². The van der Waals surface area contributed by atoms with Gasteiger partial charge in [-0.05, 0) is 62.4 Å². The normalized spacial score (nSPS) is 17.3. The molecule has 0 unspecified atom stereocenters. The topological polar surface area (TPSA) is 49.9 Å². The molecule has 1 heterocycles. The lowest BCUT2D eigenvalue weighted by Gasteiger charge is -2.39. The molecule has 1 saturated heterocycles. The van der Waals surface area contributed by atoms with Crippen LogP contribution in [0.4, 0.5) is 5.69 Å². The Morgan fingerprint density at radius 2 is 1.77 bits per heavy atom. The van der Waals surface area contributed by atoms with Crippen LogP contribution in [0.25, 0.3) is 0 Å². The molecule has 26 heavy (non-hydrogen) atoms. The molecule has 1 atom stereocenters. The summed E-state index contributed by atoms with van der Waals surface area (Å²) in [6, 6.07) is 13.6. The van der Waals surface area contributed by atoms with Gasteiger partial charge in [-0.1, -0.05) is 11.6 Å². The van der Waals surface area contributed by atoms with Crippen LogP contribution in [0.15, 0.2) is 48.5 Å². The molecule has 0 aliphatic carbocycles. The lowest BCUT2D eigenvalue weighted by molar-refractivity contribution is -0.124. The first-order valence-corrected chi connectivity index (χ1v) is 9.00. The zero-order chi connectivity index (χ0) is 18.7. The maximum atomic E-state index is 12.8. The Hall–Kier alpha value is -2.53. The standard InChI is InChI=1S/C20H21ClN2O3/c1-3-26-18-10-8-17(9-11-18)23-13-12-22(14(2)19(23)24)20(25)15-4-6-16(21)7-5-15/h4-11,14H,3,12-13H2,1-2H3/t14-/m0/s1. The van der Waals surface area contributed by atoms with Gasteiger partial charge >= 0.3 is 0 Å². The summed E-state index contributed by atoms with van der Waals surface area (Å²) in [7, 11) is 0. The average molecular weight is 373 g/mol. The van der Waals surface area contributed by atoms with Crippen LogP contribution < -0.4 is 9.64 Å². The monoisotopic (exact) mass is 372 g/mol. The molecule has 5 nitrogen and oxygen atoms in total. The molecule has 3 rings (SSSR count). The van der Waals surface area contributed by atoms with Crippen molar-refractivity contribution in [1.29, 1.82) is 0 Å². The zero-order valence-electron chi connectivity index (χ0n) is 14.8. The molecule has 1 aliphatic heterocycles. The molecule has 0 bridgehead atoms. The molecular weight excluding hydrogens is 352 g/mol. The van der Waals surface area contributed by atoms with E-state index in [1.165, 1.54) is 0 Å². The Morgan fingerprint density at radius 3 is 2.38 bits per heavy atom. The fourth-order valence-corrected chi connectivity index (χ4v) is 3.18. The second-order valence-electron chi connectivity index (χ2n) is 6.10. The molecule has 2 aromatic carbocycles. The fourth-order valence-electron chi connectivity index (χ4n) is 3.05. The van der Waals surface area contributed by atoms with E-state index in [1.54, 1.807) is 41.0 Å². The van der Waals surface area contributed by atoms with E-state index in [0.717, 1.165) is 11.4 Å². The number of carbonyl (C=O) groups is 2. The first-order chi connectivity index (χ1) is 12.5. The summed E-state index contributed by atoms with van der Waals surface area (Å²) >= 11 is 5.88. The van der Waals surface area contributed by atoms with Crippen LogP contribution in [0.3, 0.4) is 0 Å². The van der Waals surface area contributed by atoms with Crippen LogP contribution in [-0.2, 0) is 4.79 Å². The van der Waals surface area contributed by atoms with E-state index in [-0.39, 0.29) is 11.8 Å². The highest BCUT2D eigenvalue weighted by molar-refractivity contribution is 6.30. The Morgan fingerprint density at radius 1 is 1.12 bits per heavy atom. The highest BCUT2D eigenvalue weighted by atomic mass is 35.5. The summed E-state index contributed by atoms with van der Waals surface area (Å²) in [4.78, 5) is 28.9. The molecule has 2 aromatic rings. The summed E-state index contributed by atoms with van der Waals surface area (Å²) in [5.41, 5.74) is 1.34. The van der Waals surface area contributed by atoms with E-state index in [9.17, 15) is 9.59 Å². The zero-order valence-corrected chi connectivity index (χ0v) is 15.6. The molecule has 0 N–H and O–H groups in total. The molecule has 1 fully saturated rings. The number of nitrogens with zero attached hydrogens (tertiary/aromatic N) is 2. The van der Waals surface area contributed by atoms with Crippen molar-refractivity contribution in [3.63, 3.8) is 0 Å². The molecular formula is C20H21ClN2O3. The Bertz CT molecular complexity index is 790. The van der Waals surface area contributed by atoms with Crippen LogP contribution in [0.5, 0.6) is 5.75 Å². The average Bonchev–Trinajstić information content (AvgIpc) is 2.65. The number of hydrogen-bond acceptors (Lipinski definition) is 3. The van der Waals surface area contributed by atoms with E-state index in [4.69, 9.17) is 16.3 Å². The summed E-state index contributed by atoms with van der Waals surface area (Å²) in [6.45, 7) is 5.21. The van der Waals surface area contributed by atoms with Crippen molar-refractivity contribution in [3.05, 3.63) is 59.1 Å². The molecule has 136 valence electrons. The third kappa shape index (κ3) is 3.68. The van der Waals surface area contributed by atoms with Gasteiger partial charge in [0.25, 0.3) is 5.91 Å². The third-order valence-corrected chi connectivity index (χ3v) is 4.72. The van der Waals surface area contributed by atoms with E-state index < -0.39 is 6.04 Å². The van der Waals surface area contributed by atoms with Gasteiger partial charge in [0, 0.05) is 29.4 Å². The first-order valence-electron chi connectivity index (χ1n) is 8.62. The van der Waals surface area contributed by atoms with Gasteiger partial charge in [0.1, 0.15) is 11.8 Å². The van der Waals surface area contributed by atoms with Crippen molar-refractivity contribution in [3.8, 4) is 5.75 Å². The molecule has 0 saturated carbocycles. The van der Waals surface area contributed by atoms with E-state index in [0.29, 0.717) is 30.3 Å². The van der Waals surface area contributed by atoms with Gasteiger partial charge in [0.2, 0.25) is 5.91 Å². The maximum absolute atomic E-state index is 12.8. The van der Waals surface area contributed by atoms with Gasteiger partial charge in [-0.2, -0.15) is 0 Å². The first kappa shape index (κ1) is 18.3. The van der Waals surface area contributed by atoms with Gasteiger partial charge in [-0.15, -0.1) is 0 Å². The van der Waals surface area contributed by atoms with Crippen LogP contribution in [0.1, 0.15) is 24.2 Å². The van der Waals surface area contributed by atoms with E-state index in [2.05, 4.69) is 0 Å². The second-order valence-corrected chi connectivity index (χ2v) is 6.53. The van der Waals surface area contributed by atoms with E-state index >= 15 is 0 Å². The molecule has 0 aromatic heterocycles. The number of carbonyl (C=O) groups excluding carboxylic acids is 2. The van der Waals surface area contributed by atoms with Gasteiger partial charge in [0.05, 0.1) is 6.61 Å². The van der Waals surface area contributed by atoms with Crippen molar-refractivity contribution in [2.75, 3.05) is 24.6 Å². The highest BCUT2D eigenvalue weighted by Crippen LogP contribution is 2.24. The number of halogens is 1. The lowest BCUT2D eigenvalue weighted by Crippen LogP contribution is -2.57. The van der Waals surface area contributed by atoms with Crippen LogP contribution in [0, 0.1) is 0 Å². The number of hydrogen-bond donors (Lipinski definition) is 0.